The number of benzene rings is 1. The predicted octanol–water partition coefficient (Wildman–Crippen LogP) is 2.83. The van der Waals surface area contributed by atoms with Crippen LogP contribution in [0, 0.1) is 0 Å². The molecule has 0 bridgehead atoms. The zero-order valence-electron chi connectivity index (χ0n) is 14.4. The highest BCUT2D eigenvalue weighted by Gasteiger charge is 2.53. The van der Waals surface area contributed by atoms with Gasteiger partial charge in [0.25, 0.3) is 0 Å². The van der Waals surface area contributed by atoms with Crippen LogP contribution >= 0.6 is 0 Å². The van der Waals surface area contributed by atoms with Crippen molar-refractivity contribution in [1.29, 1.82) is 0 Å². The second kappa shape index (κ2) is 7.18. The standard InChI is InChI=1S/C19H25N3O2/c1-3-22(4-2)13-12-20-18(23)19(10-11-19)17-14-16(24-21-17)15-8-6-5-7-9-15/h5-9,14H,3-4,10-13H2,1-2H3,(H,20,23). The van der Waals surface area contributed by atoms with E-state index in [-0.39, 0.29) is 5.91 Å². The molecule has 1 aliphatic carbocycles. The number of amides is 1. The van der Waals surface area contributed by atoms with Crippen molar-refractivity contribution in [1.82, 2.24) is 15.4 Å². The van der Waals surface area contributed by atoms with Gasteiger partial charge in [0.2, 0.25) is 5.91 Å². The van der Waals surface area contributed by atoms with Gasteiger partial charge in [-0.3, -0.25) is 4.79 Å². The van der Waals surface area contributed by atoms with E-state index in [2.05, 4.69) is 29.2 Å². The van der Waals surface area contributed by atoms with Gasteiger partial charge in [-0.2, -0.15) is 0 Å². The first kappa shape index (κ1) is 16.7. The van der Waals surface area contributed by atoms with Crippen LogP contribution in [0.1, 0.15) is 32.4 Å². The van der Waals surface area contributed by atoms with Gasteiger partial charge in [0.05, 0.1) is 11.1 Å². The largest absolute Gasteiger partial charge is 0.356 e. The maximum Gasteiger partial charge on any atom is 0.232 e. The van der Waals surface area contributed by atoms with Crippen LogP contribution in [-0.4, -0.2) is 42.1 Å². The van der Waals surface area contributed by atoms with Crippen LogP contribution < -0.4 is 5.32 Å². The molecule has 0 unspecified atom stereocenters. The first-order valence-electron chi connectivity index (χ1n) is 8.73. The summed E-state index contributed by atoms with van der Waals surface area (Å²) in [7, 11) is 0. The lowest BCUT2D eigenvalue weighted by atomic mass is 10.0. The van der Waals surface area contributed by atoms with Crippen LogP contribution in [0.4, 0.5) is 0 Å². The highest BCUT2D eigenvalue weighted by Crippen LogP contribution is 2.48. The molecule has 24 heavy (non-hydrogen) atoms. The van der Waals surface area contributed by atoms with E-state index in [4.69, 9.17) is 4.52 Å². The average Bonchev–Trinajstić information content (AvgIpc) is 3.29. The monoisotopic (exact) mass is 327 g/mol. The Hall–Kier alpha value is -2.14. The minimum atomic E-state index is -0.486. The van der Waals surface area contributed by atoms with E-state index in [1.165, 1.54) is 0 Å². The van der Waals surface area contributed by atoms with E-state index < -0.39 is 5.41 Å². The van der Waals surface area contributed by atoms with Gasteiger partial charge in [0.1, 0.15) is 0 Å². The Bertz CT molecular complexity index is 673. The fourth-order valence-corrected chi connectivity index (χ4v) is 3.00. The van der Waals surface area contributed by atoms with Crippen LogP contribution in [0.2, 0.25) is 0 Å². The second-order valence-electron chi connectivity index (χ2n) is 6.31. The van der Waals surface area contributed by atoms with E-state index in [0.717, 1.165) is 43.7 Å². The van der Waals surface area contributed by atoms with Gasteiger partial charge >= 0.3 is 0 Å². The molecular formula is C19H25N3O2. The minimum Gasteiger partial charge on any atom is -0.356 e. The molecule has 0 spiro atoms. The molecule has 2 aromatic rings. The summed E-state index contributed by atoms with van der Waals surface area (Å²) in [6, 6.07) is 11.8. The Morgan fingerprint density at radius 3 is 2.58 bits per heavy atom. The van der Waals surface area contributed by atoms with E-state index in [1.54, 1.807) is 0 Å². The summed E-state index contributed by atoms with van der Waals surface area (Å²) >= 11 is 0. The zero-order chi connectivity index (χ0) is 17.0. The van der Waals surface area contributed by atoms with Crippen LogP contribution in [0.5, 0.6) is 0 Å². The SMILES string of the molecule is CCN(CC)CCNC(=O)C1(c2cc(-c3ccccc3)on2)CC1. The normalized spacial score (nSPS) is 15.5. The Kier molecular flexibility index (Phi) is 5.00. The Morgan fingerprint density at radius 2 is 1.96 bits per heavy atom. The number of aromatic nitrogens is 1. The highest BCUT2D eigenvalue weighted by atomic mass is 16.5. The molecule has 1 aliphatic rings. The van der Waals surface area contributed by atoms with E-state index in [1.807, 2.05) is 36.4 Å². The Labute approximate surface area is 143 Å². The summed E-state index contributed by atoms with van der Waals surface area (Å²) in [5, 5.41) is 7.25. The number of hydrogen-bond acceptors (Lipinski definition) is 4. The summed E-state index contributed by atoms with van der Waals surface area (Å²) in [6.07, 6.45) is 1.68. The van der Waals surface area contributed by atoms with Crippen molar-refractivity contribution >= 4 is 5.91 Å². The lowest BCUT2D eigenvalue weighted by Crippen LogP contribution is -2.40. The van der Waals surface area contributed by atoms with E-state index in [0.29, 0.717) is 12.3 Å². The van der Waals surface area contributed by atoms with Gasteiger partial charge < -0.3 is 14.7 Å². The molecule has 3 rings (SSSR count). The van der Waals surface area contributed by atoms with Crippen molar-refractivity contribution in [3.63, 3.8) is 0 Å². The predicted molar refractivity (Wildman–Crippen MR) is 93.6 cm³/mol. The molecule has 0 aliphatic heterocycles. The van der Waals surface area contributed by atoms with Gasteiger partial charge in [0, 0.05) is 24.7 Å². The average molecular weight is 327 g/mol. The third kappa shape index (κ3) is 3.36. The number of rotatable bonds is 8. The number of nitrogens with zero attached hydrogens (tertiary/aromatic N) is 2. The maximum absolute atomic E-state index is 12.6. The summed E-state index contributed by atoms with van der Waals surface area (Å²) in [6.45, 7) is 7.82. The van der Waals surface area contributed by atoms with Gasteiger partial charge in [-0.25, -0.2) is 0 Å². The van der Waals surface area contributed by atoms with Crippen molar-refractivity contribution in [3.8, 4) is 11.3 Å². The fraction of sp³-hybridized carbons (Fsp3) is 0.474. The number of nitrogens with one attached hydrogen (secondary N) is 1. The Morgan fingerprint density at radius 1 is 1.25 bits per heavy atom. The minimum absolute atomic E-state index is 0.0718. The van der Waals surface area contributed by atoms with Crippen molar-refractivity contribution in [2.24, 2.45) is 0 Å². The molecule has 1 saturated carbocycles. The summed E-state index contributed by atoms with van der Waals surface area (Å²) < 4.78 is 5.47. The lowest BCUT2D eigenvalue weighted by molar-refractivity contribution is -0.123. The number of likely N-dealkylation sites (N-methyl/N-ethyl adjacent to an activating group) is 1. The smallest absolute Gasteiger partial charge is 0.232 e. The number of hydrogen-bond donors (Lipinski definition) is 1. The summed E-state index contributed by atoms with van der Waals surface area (Å²) in [4.78, 5) is 14.9. The molecule has 1 aromatic carbocycles. The molecule has 0 atom stereocenters. The molecule has 1 fully saturated rings. The molecule has 1 amide bonds. The molecule has 1 heterocycles. The topological polar surface area (TPSA) is 58.4 Å². The van der Waals surface area contributed by atoms with Gasteiger partial charge in [-0.1, -0.05) is 49.3 Å². The number of carbonyl (C=O) groups is 1. The second-order valence-corrected chi connectivity index (χ2v) is 6.31. The molecule has 0 radical (unpaired) electrons. The van der Waals surface area contributed by atoms with Crippen molar-refractivity contribution in [3.05, 3.63) is 42.1 Å². The quantitative estimate of drug-likeness (QED) is 0.810. The van der Waals surface area contributed by atoms with Crippen LogP contribution in [0.25, 0.3) is 11.3 Å². The van der Waals surface area contributed by atoms with Gasteiger partial charge in [-0.05, 0) is 25.9 Å². The molecule has 5 heteroatoms. The summed E-state index contributed by atoms with van der Waals surface area (Å²) in [5.74, 6) is 0.787. The molecule has 1 aromatic heterocycles. The fourth-order valence-electron chi connectivity index (χ4n) is 3.00. The zero-order valence-corrected chi connectivity index (χ0v) is 14.4. The van der Waals surface area contributed by atoms with Crippen LogP contribution in [0.15, 0.2) is 40.9 Å². The van der Waals surface area contributed by atoms with Crippen LogP contribution in [0.3, 0.4) is 0 Å². The Balaban J connectivity index is 1.64. The molecule has 1 N–H and O–H groups in total. The van der Waals surface area contributed by atoms with Gasteiger partial charge in [-0.15, -0.1) is 0 Å². The first-order chi connectivity index (χ1) is 11.7. The molecular weight excluding hydrogens is 302 g/mol. The first-order valence-corrected chi connectivity index (χ1v) is 8.73. The van der Waals surface area contributed by atoms with E-state index >= 15 is 0 Å². The third-order valence-electron chi connectivity index (χ3n) is 4.85. The van der Waals surface area contributed by atoms with Crippen molar-refractivity contribution in [2.75, 3.05) is 26.2 Å². The van der Waals surface area contributed by atoms with E-state index in [9.17, 15) is 4.79 Å². The highest BCUT2D eigenvalue weighted by molar-refractivity contribution is 5.91. The molecule has 0 saturated heterocycles. The van der Waals surface area contributed by atoms with Gasteiger partial charge in [0.15, 0.2) is 5.76 Å². The molecule has 128 valence electrons. The van der Waals surface area contributed by atoms with Crippen LogP contribution in [-0.2, 0) is 10.2 Å². The van der Waals surface area contributed by atoms with Crippen molar-refractivity contribution < 1.29 is 9.32 Å². The van der Waals surface area contributed by atoms with Crippen molar-refractivity contribution in [2.45, 2.75) is 32.1 Å². The maximum atomic E-state index is 12.6. The lowest BCUT2D eigenvalue weighted by Gasteiger charge is -2.19. The summed E-state index contributed by atoms with van der Waals surface area (Å²) in [5.41, 5.74) is 1.25. The third-order valence-corrected chi connectivity index (χ3v) is 4.85. The number of carbonyl (C=O) groups excluding carboxylic acids is 1. The molecule has 5 nitrogen and oxygen atoms in total.